The van der Waals surface area contributed by atoms with Crippen LogP contribution in [0, 0.1) is 6.92 Å². The quantitative estimate of drug-likeness (QED) is 0.752. The van der Waals surface area contributed by atoms with Crippen LogP contribution in [0.4, 0.5) is 0 Å². The molecular formula is C16H22N6O2. The fraction of sp³-hybridized carbons (Fsp3) is 0.500. The third kappa shape index (κ3) is 3.53. The Hall–Kier alpha value is -2.48. The molecule has 1 aromatic heterocycles. The van der Waals surface area contributed by atoms with Crippen LogP contribution in [-0.4, -0.2) is 45.2 Å². The van der Waals surface area contributed by atoms with E-state index in [1.165, 1.54) is 0 Å². The number of benzene rings is 1. The number of ether oxygens (including phenoxy) is 1. The molecule has 1 amide bonds. The van der Waals surface area contributed by atoms with E-state index in [-0.39, 0.29) is 11.9 Å². The van der Waals surface area contributed by atoms with E-state index in [1.54, 1.807) is 0 Å². The van der Waals surface area contributed by atoms with Crippen LogP contribution < -0.4 is 15.4 Å². The largest absolute Gasteiger partial charge is 0.477 e. The Morgan fingerprint density at radius 3 is 2.62 bits per heavy atom. The van der Waals surface area contributed by atoms with Gasteiger partial charge in [0.25, 0.3) is 5.91 Å². The molecule has 1 aliphatic heterocycles. The van der Waals surface area contributed by atoms with Gasteiger partial charge in [-0.1, -0.05) is 22.9 Å². The molecule has 1 aromatic carbocycles. The predicted octanol–water partition coefficient (Wildman–Crippen LogP) is 0.887. The Morgan fingerprint density at radius 1 is 1.29 bits per heavy atom. The molecule has 2 aromatic rings. The van der Waals surface area contributed by atoms with Gasteiger partial charge >= 0.3 is 0 Å². The summed E-state index contributed by atoms with van der Waals surface area (Å²) in [6.45, 7) is 5.30. The first-order valence-electron chi connectivity index (χ1n) is 8.10. The molecule has 0 saturated carbocycles. The van der Waals surface area contributed by atoms with Gasteiger partial charge in [-0.2, -0.15) is 5.21 Å². The molecule has 3 rings (SSSR count). The summed E-state index contributed by atoms with van der Waals surface area (Å²) in [7, 11) is 0. The predicted molar refractivity (Wildman–Crippen MR) is 87.4 cm³/mol. The zero-order valence-corrected chi connectivity index (χ0v) is 13.9. The molecule has 1 unspecified atom stereocenters. The topological polar surface area (TPSA) is 105 Å². The van der Waals surface area contributed by atoms with Gasteiger partial charge in [0.1, 0.15) is 5.75 Å². The van der Waals surface area contributed by atoms with Crippen molar-refractivity contribution in [1.82, 2.24) is 31.3 Å². The van der Waals surface area contributed by atoms with Crippen LogP contribution >= 0.6 is 0 Å². The van der Waals surface area contributed by atoms with Crippen LogP contribution in [0.3, 0.4) is 0 Å². The van der Waals surface area contributed by atoms with Gasteiger partial charge in [-0.05, 0) is 39.1 Å². The number of tetrazole rings is 1. The third-order valence-electron chi connectivity index (χ3n) is 4.26. The third-order valence-corrected chi connectivity index (χ3v) is 4.26. The van der Waals surface area contributed by atoms with Gasteiger partial charge in [-0.15, -0.1) is 10.2 Å². The number of carbonyl (C=O) groups excluding carboxylic acids is 1. The lowest BCUT2D eigenvalue weighted by atomic mass is 9.90. The maximum atomic E-state index is 12.9. The first-order chi connectivity index (χ1) is 11.6. The normalized spacial score (nSPS) is 17.9. The highest BCUT2D eigenvalue weighted by Gasteiger charge is 2.42. The van der Waals surface area contributed by atoms with E-state index in [9.17, 15) is 4.79 Å². The number of nitrogens with one attached hydrogen (secondary N) is 3. The second kappa shape index (κ2) is 6.96. The summed E-state index contributed by atoms with van der Waals surface area (Å²) < 4.78 is 6.16. The van der Waals surface area contributed by atoms with E-state index in [0.29, 0.717) is 24.4 Å². The van der Waals surface area contributed by atoms with Gasteiger partial charge in [-0.3, -0.25) is 4.79 Å². The van der Waals surface area contributed by atoms with Crippen molar-refractivity contribution in [2.45, 2.75) is 38.3 Å². The number of amides is 1. The second-order valence-corrected chi connectivity index (χ2v) is 6.12. The molecule has 1 fully saturated rings. The SMILES string of the molecule is Cc1ccc(OC2(C(=O)NC(C)c3nn[nH]n3)CCNCC2)cc1. The van der Waals surface area contributed by atoms with Crippen molar-refractivity contribution in [2.75, 3.05) is 13.1 Å². The van der Waals surface area contributed by atoms with Gasteiger partial charge < -0.3 is 15.4 Å². The van der Waals surface area contributed by atoms with Crippen LogP contribution in [0.5, 0.6) is 5.75 Å². The lowest BCUT2D eigenvalue weighted by Gasteiger charge is -2.37. The average Bonchev–Trinajstić information content (AvgIpc) is 3.12. The highest BCUT2D eigenvalue weighted by molar-refractivity contribution is 5.86. The Morgan fingerprint density at radius 2 is 2.00 bits per heavy atom. The number of rotatable bonds is 5. The van der Waals surface area contributed by atoms with Gasteiger partial charge in [-0.25, -0.2) is 0 Å². The number of hydrogen-bond acceptors (Lipinski definition) is 6. The zero-order valence-electron chi connectivity index (χ0n) is 13.9. The molecule has 0 spiro atoms. The molecule has 128 valence electrons. The first kappa shape index (κ1) is 16.4. The Kier molecular flexibility index (Phi) is 4.75. The van der Waals surface area contributed by atoms with E-state index < -0.39 is 5.60 Å². The van der Waals surface area contributed by atoms with Gasteiger partial charge in [0.2, 0.25) is 0 Å². The van der Waals surface area contributed by atoms with Gasteiger partial charge in [0.15, 0.2) is 11.4 Å². The zero-order chi connectivity index (χ0) is 17.0. The first-order valence-corrected chi connectivity index (χ1v) is 8.10. The molecule has 24 heavy (non-hydrogen) atoms. The van der Waals surface area contributed by atoms with Gasteiger partial charge in [0.05, 0.1) is 6.04 Å². The van der Waals surface area contributed by atoms with Crippen LogP contribution in [0.25, 0.3) is 0 Å². The number of aryl methyl sites for hydroxylation is 1. The number of aromatic nitrogens is 4. The number of aromatic amines is 1. The summed E-state index contributed by atoms with van der Waals surface area (Å²) in [6, 6.07) is 7.41. The second-order valence-electron chi connectivity index (χ2n) is 6.12. The summed E-state index contributed by atoms with van der Waals surface area (Å²) in [5, 5.41) is 20.0. The number of piperidine rings is 1. The maximum Gasteiger partial charge on any atom is 0.264 e. The fourth-order valence-corrected chi connectivity index (χ4v) is 2.78. The standard InChI is InChI=1S/C16H22N6O2/c1-11-3-5-13(6-4-11)24-16(7-9-17-10-8-16)15(23)18-12(2)14-19-21-22-20-14/h3-6,12,17H,7-10H2,1-2H3,(H,18,23)(H,19,20,21,22). The van der Waals surface area contributed by atoms with Crippen molar-refractivity contribution in [3.05, 3.63) is 35.7 Å². The average molecular weight is 330 g/mol. The summed E-state index contributed by atoms with van der Waals surface area (Å²) in [5.74, 6) is 0.995. The van der Waals surface area contributed by atoms with Crippen LogP contribution in [0.2, 0.25) is 0 Å². The van der Waals surface area contributed by atoms with Crippen molar-refractivity contribution in [1.29, 1.82) is 0 Å². The summed E-state index contributed by atoms with van der Waals surface area (Å²) in [5.41, 5.74) is 0.260. The number of hydrogen-bond donors (Lipinski definition) is 3. The Bertz CT molecular complexity index is 664. The molecule has 8 heteroatoms. The Balaban J connectivity index is 1.77. The molecule has 8 nitrogen and oxygen atoms in total. The van der Waals surface area contributed by atoms with E-state index >= 15 is 0 Å². The number of nitrogens with zero attached hydrogens (tertiary/aromatic N) is 3. The lowest BCUT2D eigenvalue weighted by Crippen LogP contribution is -2.57. The smallest absolute Gasteiger partial charge is 0.264 e. The van der Waals surface area contributed by atoms with E-state index in [1.807, 2.05) is 38.1 Å². The monoisotopic (exact) mass is 330 g/mol. The molecule has 1 aliphatic rings. The molecule has 0 aliphatic carbocycles. The van der Waals surface area contributed by atoms with E-state index in [4.69, 9.17) is 4.74 Å². The Labute approximate surface area is 140 Å². The number of H-pyrrole nitrogens is 1. The van der Waals surface area contributed by atoms with Crippen molar-refractivity contribution in [3.63, 3.8) is 0 Å². The lowest BCUT2D eigenvalue weighted by molar-refractivity contribution is -0.140. The molecule has 0 bridgehead atoms. The molecule has 1 saturated heterocycles. The van der Waals surface area contributed by atoms with Crippen LogP contribution in [0.15, 0.2) is 24.3 Å². The van der Waals surface area contributed by atoms with E-state index in [2.05, 4.69) is 31.3 Å². The van der Waals surface area contributed by atoms with Crippen LogP contribution in [0.1, 0.15) is 37.2 Å². The van der Waals surface area contributed by atoms with Crippen LogP contribution in [-0.2, 0) is 4.79 Å². The van der Waals surface area contributed by atoms with Crippen molar-refractivity contribution < 1.29 is 9.53 Å². The molecule has 0 radical (unpaired) electrons. The number of carbonyl (C=O) groups is 1. The molecule has 2 heterocycles. The van der Waals surface area contributed by atoms with Crippen molar-refractivity contribution in [3.8, 4) is 5.75 Å². The highest BCUT2D eigenvalue weighted by Crippen LogP contribution is 2.28. The van der Waals surface area contributed by atoms with E-state index in [0.717, 1.165) is 18.7 Å². The summed E-state index contributed by atoms with van der Waals surface area (Å²) in [4.78, 5) is 12.9. The maximum absolute atomic E-state index is 12.9. The summed E-state index contributed by atoms with van der Waals surface area (Å²) >= 11 is 0. The minimum atomic E-state index is -0.890. The molecular weight excluding hydrogens is 308 g/mol. The van der Waals surface area contributed by atoms with Crippen molar-refractivity contribution in [2.24, 2.45) is 0 Å². The minimum Gasteiger partial charge on any atom is -0.477 e. The highest BCUT2D eigenvalue weighted by atomic mass is 16.5. The van der Waals surface area contributed by atoms with Gasteiger partial charge in [0, 0.05) is 12.8 Å². The molecule has 3 N–H and O–H groups in total. The molecule has 1 atom stereocenters. The van der Waals surface area contributed by atoms with Crippen molar-refractivity contribution >= 4 is 5.91 Å². The fourth-order valence-electron chi connectivity index (χ4n) is 2.78. The summed E-state index contributed by atoms with van der Waals surface area (Å²) in [6.07, 6.45) is 1.21. The minimum absolute atomic E-state index is 0.151.